The van der Waals surface area contributed by atoms with Crippen molar-refractivity contribution in [1.82, 2.24) is 10.3 Å². The number of carbonyl (C=O) groups is 1. The van der Waals surface area contributed by atoms with E-state index in [-0.39, 0.29) is 29.1 Å². The zero-order chi connectivity index (χ0) is 21.3. The van der Waals surface area contributed by atoms with E-state index in [0.717, 1.165) is 18.2 Å². The maximum absolute atomic E-state index is 13.4. The summed E-state index contributed by atoms with van der Waals surface area (Å²) >= 11 is 0. The van der Waals surface area contributed by atoms with Gasteiger partial charge in [0, 0.05) is 17.5 Å². The third kappa shape index (κ3) is 3.94. The van der Waals surface area contributed by atoms with Crippen LogP contribution in [0.4, 0.5) is 17.6 Å². The van der Waals surface area contributed by atoms with Crippen LogP contribution in [0.1, 0.15) is 27.0 Å². The van der Waals surface area contributed by atoms with Crippen LogP contribution in [0.3, 0.4) is 0 Å². The first-order valence-electron chi connectivity index (χ1n) is 8.43. The quantitative estimate of drug-likeness (QED) is 0.630. The van der Waals surface area contributed by atoms with Crippen LogP contribution >= 0.6 is 0 Å². The molecule has 0 atom stereocenters. The molecule has 5 nitrogen and oxygen atoms in total. The number of benzene rings is 2. The molecule has 0 aliphatic carbocycles. The number of hydrogen-bond donors (Lipinski definition) is 2. The van der Waals surface area contributed by atoms with Gasteiger partial charge in [0.05, 0.1) is 18.2 Å². The molecule has 0 aliphatic heterocycles. The SMILES string of the molecule is COc1nc2cc(C(F)(F)F)ccc2c(C)c1C(=O)NCc1cccc(F)c1O. The summed E-state index contributed by atoms with van der Waals surface area (Å²) in [4.78, 5) is 16.7. The summed E-state index contributed by atoms with van der Waals surface area (Å²) in [5, 5.41) is 12.6. The minimum Gasteiger partial charge on any atom is -0.505 e. The lowest BCUT2D eigenvalue weighted by atomic mass is 10.0. The monoisotopic (exact) mass is 408 g/mol. The molecule has 2 aromatic carbocycles. The maximum Gasteiger partial charge on any atom is 0.416 e. The first kappa shape index (κ1) is 20.4. The van der Waals surface area contributed by atoms with Crippen molar-refractivity contribution < 1.29 is 32.2 Å². The Balaban J connectivity index is 1.98. The van der Waals surface area contributed by atoms with E-state index in [1.807, 2.05) is 0 Å². The molecule has 152 valence electrons. The Morgan fingerprint density at radius 3 is 2.62 bits per heavy atom. The Morgan fingerprint density at radius 1 is 1.24 bits per heavy atom. The van der Waals surface area contributed by atoms with Crippen LogP contribution in [0.5, 0.6) is 11.6 Å². The lowest BCUT2D eigenvalue weighted by Gasteiger charge is -2.15. The van der Waals surface area contributed by atoms with Crippen molar-refractivity contribution in [2.24, 2.45) is 0 Å². The van der Waals surface area contributed by atoms with Crippen molar-refractivity contribution in [3.05, 3.63) is 64.5 Å². The lowest BCUT2D eigenvalue weighted by molar-refractivity contribution is -0.137. The van der Waals surface area contributed by atoms with Gasteiger partial charge in [0.2, 0.25) is 5.88 Å². The molecule has 0 fully saturated rings. The number of para-hydroxylation sites is 1. The number of nitrogens with one attached hydrogen (secondary N) is 1. The number of phenols is 1. The summed E-state index contributed by atoms with van der Waals surface area (Å²) in [5.41, 5.74) is -0.248. The molecule has 9 heteroatoms. The first-order valence-corrected chi connectivity index (χ1v) is 8.43. The number of amides is 1. The van der Waals surface area contributed by atoms with Gasteiger partial charge in [-0.15, -0.1) is 0 Å². The van der Waals surface area contributed by atoms with Crippen LogP contribution in [0.25, 0.3) is 10.9 Å². The number of nitrogens with zero attached hydrogens (tertiary/aromatic N) is 1. The normalized spacial score (nSPS) is 11.5. The maximum atomic E-state index is 13.4. The van der Waals surface area contributed by atoms with Crippen molar-refractivity contribution in [2.45, 2.75) is 19.6 Å². The second-order valence-electron chi connectivity index (χ2n) is 6.28. The molecule has 0 radical (unpaired) electrons. The summed E-state index contributed by atoms with van der Waals surface area (Å²) in [6.07, 6.45) is -4.53. The van der Waals surface area contributed by atoms with Crippen LogP contribution in [-0.4, -0.2) is 23.1 Å². The van der Waals surface area contributed by atoms with Crippen molar-refractivity contribution in [1.29, 1.82) is 0 Å². The van der Waals surface area contributed by atoms with Gasteiger partial charge in [0.25, 0.3) is 5.91 Å². The van der Waals surface area contributed by atoms with E-state index in [0.29, 0.717) is 10.9 Å². The predicted molar refractivity (Wildman–Crippen MR) is 97.3 cm³/mol. The second kappa shape index (κ2) is 7.57. The van der Waals surface area contributed by atoms with Crippen molar-refractivity contribution in [3.8, 4) is 11.6 Å². The van der Waals surface area contributed by atoms with Gasteiger partial charge in [-0.25, -0.2) is 9.37 Å². The number of halogens is 4. The Bertz CT molecular complexity index is 1100. The van der Waals surface area contributed by atoms with Crippen LogP contribution in [-0.2, 0) is 12.7 Å². The number of alkyl halides is 3. The van der Waals surface area contributed by atoms with E-state index in [9.17, 15) is 27.5 Å². The van der Waals surface area contributed by atoms with Crippen LogP contribution < -0.4 is 10.1 Å². The highest BCUT2D eigenvalue weighted by Crippen LogP contribution is 2.34. The van der Waals surface area contributed by atoms with Gasteiger partial charge in [0.1, 0.15) is 5.56 Å². The fourth-order valence-corrected chi connectivity index (χ4v) is 2.96. The molecule has 0 saturated carbocycles. The molecule has 0 spiro atoms. The van der Waals surface area contributed by atoms with Crippen LogP contribution in [0.15, 0.2) is 36.4 Å². The van der Waals surface area contributed by atoms with E-state index in [1.54, 1.807) is 6.92 Å². The topological polar surface area (TPSA) is 71.5 Å². The summed E-state index contributed by atoms with van der Waals surface area (Å²) in [5.74, 6) is -2.17. The molecular formula is C20H16F4N2O3. The third-order valence-corrected chi connectivity index (χ3v) is 4.47. The Morgan fingerprint density at radius 2 is 1.97 bits per heavy atom. The van der Waals surface area contributed by atoms with E-state index in [4.69, 9.17) is 4.74 Å². The Labute approximate surface area is 162 Å². The number of hydrogen-bond acceptors (Lipinski definition) is 4. The van der Waals surface area contributed by atoms with Crippen LogP contribution in [0, 0.1) is 12.7 Å². The third-order valence-electron chi connectivity index (χ3n) is 4.47. The van der Waals surface area contributed by atoms with Crippen molar-refractivity contribution in [3.63, 3.8) is 0 Å². The molecule has 0 saturated heterocycles. The smallest absolute Gasteiger partial charge is 0.416 e. The molecule has 3 aromatic rings. The zero-order valence-electron chi connectivity index (χ0n) is 15.4. The van der Waals surface area contributed by atoms with Gasteiger partial charge >= 0.3 is 6.18 Å². The molecule has 29 heavy (non-hydrogen) atoms. The highest BCUT2D eigenvalue weighted by Gasteiger charge is 2.31. The standard InChI is InChI=1S/C20H16F4N2O3/c1-10-13-7-6-12(20(22,23)24)8-15(13)26-19(29-2)16(10)18(28)25-9-11-4-3-5-14(21)17(11)27/h3-8,27H,9H2,1-2H3,(H,25,28). The van der Waals surface area contributed by atoms with Crippen molar-refractivity contribution in [2.75, 3.05) is 7.11 Å². The molecular weight excluding hydrogens is 392 g/mol. The largest absolute Gasteiger partial charge is 0.505 e. The van der Waals surface area contributed by atoms with Gasteiger partial charge in [-0.3, -0.25) is 4.79 Å². The second-order valence-corrected chi connectivity index (χ2v) is 6.28. The number of aromatic nitrogens is 1. The average molecular weight is 408 g/mol. The van der Waals surface area contributed by atoms with E-state index < -0.39 is 29.2 Å². The molecule has 1 amide bonds. The predicted octanol–water partition coefficient (Wildman–Crippen LogP) is 4.35. The summed E-state index contributed by atoms with van der Waals surface area (Å²) in [7, 11) is 1.25. The zero-order valence-corrected chi connectivity index (χ0v) is 15.4. The molecule has 0 bridgehead atoms. The lowest BCUT2D eigenvalue weighted by Crippen LogP contribution is -2.25. The molecule has 3 rings (SSSR count). The van der Waals surface area contributed by atoms with E-state index in [1.165, 1.54) is 25.3 Å². The Kier molecular flexibility index (Phi) is 5.32. The number of phenolic OH excluding ortho intramolecular Hbond substituents is 1. The number of pyridine rings is 1. The van der Waals surface area contributed by atoms with Gasteiger partial charge < -0.3 is 15.2 Å². The van der Waals surface area contributed by atoms with Crippen LogP contribution in [0.2, 0.25) is 0 Å². The number of carbonyl (C=O) groups excluding carboxylic acids is 1. The number of ether oxygens (including phenoxy) is 1. The summed E-state index contributed by atoms with van der Waals surface area (Å²) in [6.45, 7) is 1.39. The summed E-state index contributed by atoms with van der Waals surface area (Å²) in [6, 6.07) is 6.96. The molecule has 0 aliphatic rings. The number of fused-ring (bicyclic) bond motifs is 1. The molecule has 0 unspecified atom stereocenters. The van der Waals surface area contributed by atoms with E-state index >= 15 is 0 Å². The minimum atomic E-state index is -4.53. The molecule has 1 heterocycles. The van der Waals surface area contributed by atoms with Gasteiger partial charge in [-0.2, -0.15) is 13.2 Å². The van der Waals surface area contributed by atoms with Crippen molar-refractivity contribution >= 4 is 16.8 Å². The fourth-order valence-electron chi connectivity index (χ4n) is 2.96. The van der Waals surface area contributed by atoms with Gasteiger partial charge in [0.15, 0.2) is 11.6 Å². The number of rotatable bonds is 4. The highest BCUT2D eigenvalue weighted by molar-refractivity contribution is 6.02. The molecule has 2 N–H and O–H groups in total. The molecule has 1 aromatic heterocycles. The minimum absolute atomic E-state index is 0.0356. The van der Waals surface area contributed by atoms with Gasteiger partial charge in [-0.05, 0) is 30.7 Å². The van der Waals surface area contributed by atoms with Gasteiger partial charge in [-0.1, -0.05) is 18.2 Å². The number of methoxy groups -OCH3 is 1. The highest BCUT2D eigenvalue weighted by atomic mass is 19.4. The number of aryl methyl sites for hydroxylation is 1. The first-order chi connectivity index (χ1) is 13.6. The summed E-state index contributed by atoms with van der Waals surface area (Å²) < 4.78 is 57.4. The Hall–Kier alpha value is -3.36. The fraction of sp³-hybridized carbons (Fsp3) is 0.200. The number of aromatic hydroxyl groups is 1. The van der Waals surface area contributed by atoms with E-state index in [2.05, 4.69) is 10.3 Å². The average Bonchev–Trinajstić information content (AvgIpc) is 2.67.